The Morgan fingerprint density at radius 2 is 1.69 bits per heavy atom. The van der Waals surface area contributed by atoms with Gasteiger partial charge in [-0.1, -0.05) is 41.9 Å². The minimum atomic E-state index is -4.04. The number of oxazole rings is 1. The van der Waals surface area contributed by atoms with Crippen LogP contribution in [0, 0.1) is 0 Å². The van der Waals surface area contributed by atoms with Gasteiger partial charge in [0.15, 0.2) is 11.5 Å². The molecule has 4 aromatic rings. The number of anilines is 1. The largest absolute Gasteiger partial charge is 0.486 e. The lowest BCUT2D eigenvalue weighted by Gasteiger charge is -2.28. The average molecular weight is 509 g/mol. The summed E-state index contributed by atoms with van der Waals surface area (Å²) in [5.41, 5.74) is 2.97. The molecule has 0 atom stereocenters. The molecule has 0 saturated carbocycles. The second-order valence-corrected chi connectivity index (χ2v) is 10.7. The predicted molar refractivity (Wildman–Crippen MR) is 131 cm³/mol. The lowest BCUT2D eigenvalue weighted by atomic mass is 10.0. The number of nitrogens with zero attached hydrogens (tertiary/aromatic N) is 2. The fourth-order valence-electron chi connectivity index (χ4n) is 4.39. The monoisotopic (exact) mass is 508 g/mol. The van der Waals surface area contributed by atoms with Gasteiger partial charge in [-0.05, 0) is 47.9 Å². The molecule has 0 fully saturated rings. The van der Waals surface area contributed by atoms with Gasteiger partial charge in [-0.15, -0.1) is 0 Å². The van der Waals surface area contributed by atoms with E-state index in [2.05, 4.69) is 11.1 Å². The highest BCUT2D eigenvalue weighted by Gasteiger charge is 2.33. The molecule has 3 heterocycles. The van der Waals surface area contributed by atoms with Gasteiger partial charge in [0, 0.05) is 29.7 Å². The Morgan fingerprint density at radius 1 is 0.886 bits per heavy atom. The van der Waals surface area contributed by atoms with E-state index < -0.39 is 9.84 Å². The van der Waals surface area contributed by atoms with E-state index in [1.54, 1.807) is 30.3 Å². The predicted octanol–water partition coefficient (Wildman–Crippen LogP) is 5.16. The third-order valence-corrected chi connectivity index (χ3v) is 8.03. The van der Waals surface area contributed by atoms with Crippen LogP contribution in [-0.2, 0) is 22.8 Å². The molecule has 2 aliphatic heterocycles. The van der Waals surface area contributed by atoms with Gasteiger partial charge in [-0.3, -0.25) is 0 Å². The van der Waals surface area contributed by atoms with Crippen LogP contribution in [0.1, 0.15) is 11.1 Å². The summed E-state index contributed by atoms with van der Waals surface area (Å²) in [6.45, 7) is 1.90. The summed E-state index contributed by atoms with van der Waals surface area (Å²) in [5, 5.41) is 0.369. The molecule has 178 valence electrons. The SMILES string of the molecule is O=S(=O)(c1ccc2c(c1)OCCO2)c1nc(-c2cccc(Cl)c2)oc1N1CCc2ccccc2C1. The Hall–Kier alpha value is -3.49. The van der Waals surface area contributed by atoms with Crippen LogP contribution < -0.4 is 14.4 Å². The highest BCUT2D eigenvalue weighted by molar-refractivity contribution is 7.91. The molecule has 6 rings (SSSR count). The summed E-state index contributed by atoms with van der Waals surface area (Å²) in [6.07, 6.45) is 0.771. The van der Waals surface area contributed by atoms with Crippen LogP contribution in [0.5, 0.6) is 11.5 Å². The first-order valence-electron chi connectivity index (χ1n) is 11.2. The lowest BCUT2D eigenvalue weighted by molar-refractivity contribution is 0.171. The zero-order chi connectivity index (χ0) is 24.0. The van der Waals surface area contributed by atoms with Crippen molar-refractivity contribution in [1.82, 2.24) is 4.98 Å². The van der Waals surface area contributed by atoms with Gasteiger partial charge in [-0.2, -0.15) is 4.98 Å². The fraction of sp³-hybridized carbons (Fsp3) is 0.192. The van der Waals surface area contributed by atoms with Crippen LogP contribution in [0.25, 0.3) is 11.5 Å². The smallest absolute Gasteiger partial charge is 0.236 e. The van der Waals surface area contributed by atoms with Crippen molar-refractivity contribution in [2.24, 2.45) is 0 Å². The lowest BCUT2D eigenvalue weighted by Crippen LogP contribution is -2.31. The maximum absolute atomic E-state index is 13.9. The number of rotatable bonds is 4. The van der Waals surface area contributed by atoms with Crippen LogP contribution in [0.15, 0.2) is 81.1 Å². The van der Waals surface area contributed by atoms with Crippen molar-refractivity contribution < 1.29 is 22.3 Å². The summed E-state index contributed by atoms with van der Waals surface area (Å²) < 4.78 is 45.0. The second kappa shape index (κ2) is 8.62. The topological polar surface area (TPSA) is 81.9 Å². The van der Waals surface area contributed by atoms with Gasteiger partial charge >= 0.3 is 0 Å². The summed E-state index contributed by atoms with van der Waals surface area (Å²) in [4.78, 5) is 6.47. The normalized spacial score (nSPS) is 15.1. The van der Waals surface area contributed by atoms with E-state index in [-0.39, 0.29) is 21.7 Å². The molecule has 7 nitrogen and oxygen atoms in total. The number of hydrogen-bond acceptors (Lipinski definition) is 7. The Morgan fingerprint density at radius 3 is 2.51 bits per heavy atom. The highest BCUT2D eigenvalue weighted by atomic mass is 35.5. The summed E-state index contributed by atoms with van der Waals surface area (Å²) in [7, 11) is -4.04. The Bertz CT molecular complexity index is 1530. The molecule has 0 amide bonds. The Kier molecular flexibility index (Phi) is 5.42. The van der Waals surface area contributed by atoms with Crippen molar-refractivity contribution in [2.45, 2.75) is 22.9 Å². The van der Waals surface area contributed by atoms with Crippen LogP contribution in [0.3, 0.4) is 0 Å². The van der Waals surface area contributed by atoms with Crippen molar-refractivity contribution in [1.29, 1.82) is 0 Å². The standard InChI is InChI=1S/C26H21ClN2O5S/c27-20-7-3-6-18(14-20)24-28-25(26(34-24)29-11-10-17-4-1-2-5-19(17)16-29)35(30,31)21-8-9-22-23(15-21)33-13-12-32-22/h1-9,14-15H,10-13,16H2. The second-order valence-electron chi connectivity index (χ2n) is 8.39. The van der Waals surface area contributed by atoms with E-state index in [0.717, 1.165) is 12.0 Å². The third kappa shape index (κ3) is 4.02. The number of hydrogen-bond donors (Lipinski definition) is 0. The summed E-state index contributed by atoms with van der Waals surface area (Å²) in [5.74, 6) is 1.31. The van der Waals surface area contributed by atoms with Crippen molar-refractivity contribution in [3.05, 3.63) is 82.9 Å². The van der Waals surface area contributed by atoms with E-state index in [1.165, 1.54) is 17.7 Å². The number of fused-ring (bicyclic) bond motifs is 2. The molecule has 0 spiro atoms. The first-order chi connectivity index (χ1) is 17.0. The number of halogens is 1. The molecule has 9 heteroatoms. The van der Waals surface area contributed by atoms with Crippen LogP contribution >= 0.6 is 11.6 Å². The number of sulfone groups is 1. The van der Waals surface area contributed by atoms with Gasteiger partial charge in [0.1, 0.15) is 13.2 Å². The summed E-state index contributed by atoms with van der Waals surface area (Å²) >= 11 is 6.18. The first kappa shape index (κ1) is 22.0. The van der Waals surface area contributed by atoms with E-state index in [0.29, 0.717) is 48.4 Å². The van der Waals surface area contributed by atoms with Crippen molar-refractivity contribution in [3.63, 3.8) is 0 Å². The Labute approximate surface area is 207 Å². The minimum Gasteiger partial charge on any atom is -0.486 e. The van der Waals surface area contributed by atoms with Gasteiger partial charge in [-0.25, -0.2) is 8.42 Å². The molecule has 0 N–H and O–H groups in total. The molecule has 0 aliphatic carbocycles. The van der Waals surface area contributed by atoms with Gasteiger partial charge < -0.3 is 18.8 Å². The van der Waals surface area contributed by atoms with Crippen molar-refractivity contribution in [3.8, 4) is 23.0 Å². The van der Waals surface area contributed by atoms with Crippen LogP contribution in [0.4, 0.5) is 5.88 Å². The number of aromatic nitrogens is 1. The molecule has 3 aromatic carbocycles. The molecule has 35 heavy (non-hydrogen) atoms. The number of ether oxygens (including phenoxy) is 2. The molecule has 0 unspecified atom stereocenters. The Balaban J connectivity index is 1.47. The van der Waals surface area contributed by atoms with Gasteiger partial charge in [0.2, 0.25) is 26.6 Å². The van der Waals surface area contributed by atoms with Gasteiger partial charge in [0.25, 0.3) is 0 Å². The minimum absolute atomic E-state index is 0.0614. The average Bonchev–Trinajstić information content (AvgIpc) is 3.35. The van der Waals surface area contributed by atoms with Crippen LogP contribution in [-0.4, -0.2) is 33.2 Å². The molecular weight excluding hydrogens is 488 g/mol. The van der Waals surface area contributed by atoms with Gasteiger partial charge in [0.05, 0.1) is 4.90 Å². The zero-order valence-corrected chi connectivity index (χ0v) is 20.2. The highest BCUT2D eigenvalue weighted by Crippen LogP contribution is 2.39. The maximum Gasteiger partial charge on any atom is 0.236 e. The molecule has 0 saturated heterocycles. The number of benzene rings is 3. The molecule has 2 aliphatic rings. The molecule has 0 bridgehead atoms. The van der Waals surface area contributed by atoms with E-state index in [9.17, 15) is 8.42 Å². The van der Waals surface area contributed by atoms with E-state index >= 15 is 0 Å². The quantitative estimate of drug-likeness (QED) is 0.376. The first-order valence-corrected chi connectivity index (χ1v) is 13.1. The summed E-state index contributed by atoms with van der Waals surface area (Å²) in [6, 6.07) is 19.7. The van der Waals surface area contributed by atoms with Crippen LogP contribution in [0.2, 0.25) is 5.02 Å². The molecular formula is C26H21ClN2O5S. The fourth-order valence-corrected chi connectivity index (χ4v) is 5.92. The zero-order valence-electron chi connectivity index (χ0n) is 18.6. The third-order valence-electron chi connectivity index (χ3n) is 6.15. The molecule has 1 aromatic heterocycles. The van der Waals surface area contributed by atoms with Crippen molar-refractivity contribution in [2.75, 3.05) is 24.7 Å². The maximum atomic E-state index is 13.9. The van der Waals surface area contributed by atoms with Crippen molar-refractivity contribution >= 4 is 27.3 Å². The van der Waals surface area contributed by atoms with E-state index in [4.69, 9.17) is 25.5 Å². The van der Waals surface area contributed by atoms with E-state index in [1.807, 2.05) is 23.1 Å². The molecule has 0 radical (unpaired) electrons.